The van der Waals surface area contributed by atoms with Crippen molar-refractivity contribution in [3.05, 3.63) is 23.3 Å². The zero-order chi connectivity index (χ0) is 13.9. The molecule has 1 aromatic rings. The van der Waals surface area contributed by atoms with E-state index in [-0.39, 0.29) is 23.2 Å². The Bertz CT molecular complexity index is 431. The van der Waals surface area contributed by atoms with Crippen LogP contribution in [0.25, 0.3) is 0 Å². The third-order valence-electron chi connectivity index (χ3n) is 2.39. The van der Waals surface area contributed by atoms with Gasteiger partial charge in [0.15, 0.2) is 5.12 Å². The van der Waals surface area contributed by atoms with Gasteiger partial charge in [-0.3, -0.25) is 4.79 Å². The highest BCUT2D eigenvalue weighted by Gasteiger charge is 2.21. The predicted octanol–water partition coefficient (Wildman–Crippen LogP) is 2.94. The van der Waals surface area contributed by atoms with Crippen molar-refractivity contribution in [2.24, 2.45) is 0 Å². The number of ether oxygens (including phenoxy) is 1. The summed E-state index contributed by atoms with van der Waals surface area (Å²) in [5.74, 6) is 0.0660. The molecule has 0 atom stereocenters. The summed E-state index contributed by atoms with van der Waals surface area (Å²) in [7, 11) is 0. The van der Waals surface area contributed by atoms with Gasteiger partial charge in [-0.1, -0.05) is 11.8 Å². The summed E-state index contributed by atoms with van der Waals surface area (Å²) in [5, 5.41) is 19.1. The van der Waals surface area contributed by atoms with Crippen molar-refractivity contribution in [1.82, 2.24) is 0 Å². The van der Waals surface area contributed by atoms with Crippen LogP contribution in [0.2, 0.25) is 0 Å². The molecule has 0 aliphatic carbocycles. The molecule has 5 heteroatoms. The molecule has 1 aromatic carbocycles. The van der Waals surface area contributed by atoms with E-state index in [1.807, 2.05) is 0 Å². The number of phenols is 2. The predicted molar refractivity (Wildman–Crippen MR) is 71.6 cm³/mol. The lowest BCUT2D eigenvalue weighted by atomic mass is 10.1. The van der Waals surface area contributed by atoms with Gasteiger partial charge in [0.25, 0.3) is 0 Å². The molecule has 4 nitrogen and oxygen atoms in total. The van der Waals surface area contributed by atoms with Gasteiger partial charge in [-0.15, -0.1) is 0 Å². The van der Waals surface area contributed by atoms with E-state index >= 15 is 0 Å². The van der Waals surface area contributed by atoms with Crippen LogP contribution in [-0.2, 0) is 16.1 Å². The van der Waals surface area contributed by atoms with E-state index in [0.29, 0.717) is 11.1 Å². The number of carbonyl (C=O) groups excluding carboxylic acids is 1. The molecule has 0 unspecified atom stereocenters. The van der Waals surface area contributed by atoms with Crippen LogP contribution in [0.15, 0.2) is 12.1 Å². The first-order valence-electron chi connectivity index (χ1n) is 5.56. The number of carbonyl (C=O) groups is 1. The quantitative estimate of drug-likeness (QED) is 0.823. The fourth-order valence-corrected chi connectivity index (χ4v) is 2.27. The number of phenolic OH excluding ortho intramolecular Hbond substituents is 2. The normalized spacial score (nSPS) is 11.6. The van der Waals surface area contributed by atoms with E-state index < -0.39 is 4.93 Å². The summed E-state index contributed by atoms with van der Waals surface area (Å²) >= 11 is 1.10. The van der Waals surface area contributed by atoms with Gasteiger partial charge in [-0.25, -0.2) is 0 Å². The highest BCUT2D eigenvalue weighted by atomic mass is 32.2. The molecule has 18 heavy (non-hydrogen) atoms. The molecule has 1 rings (SSSR count). The molecule has 0 spiro atoms. The Morgan fingerprint density at radius 3 is 2.28 bits per heavy atom. The minimum absolute atomic E-state index is 0.0189. The lowest BCUT2D eigenvalue weighted by molar-refractivity contribution is -0.109. The summed E-state index contributed by atoms with van der Waals surface area (Å²) < 4.78 is 5.60. The summed E-state index contributed by atoms with van der Waals surface area (Å²) in [6.45, 7) is 6.93. The van der Waals surface area contributed by atoms with Gasteiger partial charge >= 0.3 is 0 Å². The van der Waals surface area contributed by atoms with E-state index in [4.69, 9.17) is 4.74 Å². The molecule has 0 aliphatic heterocycles. The fraction of sp³-hybridized carbons (Fsp3) is 0.462. The van der Waals surface area contributed by atoms with Crippen LogP contribution >= 0.6 is 11.8 Å². The molecule has 0 bridgehead atoms. The molecule has 0 heterocycles. The second kappa shape index (κ2) is 5.63. The van der Waals surface area contributed by atoms with Crippen molar-refractivity contribution in [3.8, 4) is 11.5 Å². The topological polar surface area (TPSA) is 66.8 Å². The molecule has 100 valence electrons. The Kier molecular flexibility index (Phi) is 4.65. The average Bonchev–Trinajstić information content (AvgIpc) is 2.21. The van der Waals surface area contributed by atoms with Crippen molar-refractivity contribution >= 4 is 16.9 Å². The molecule has 0 fully saturated rings. The number of hydrogen-bond acceptors (Lipinski definition) is 5. The summed E-state index contributed by atoms with van der Waals surface area (Å²) in [6.07, 6.45) is 0. The Balaban J connectivity index is 2.72. The second-order valence-corrected chi connectivity index (χ2v) is 6.30. The molecule has 0 radical (unpaired) electrons. The lowest BCUT2D eigenvalue weighted by Gasteiger charge is -2.23. The molecule has 0 aromatic heterocycles. The van der Waals surface area contributed by atoms with Crippen LogP contribution in [0, 0.1) is 6.92 Å². The zero-order valence-corrected chi connectivity index (χ0v) is 11.8. The number of aromatic hydroxyl groups is 2. The largest absolute Gasteiger partial charge is 0.508 e. The molecule has 2 N–H and O–H groups in total. The van der Waals surface area contributed by atoms with Gasteiger partial charge in [0.1, 0.15) is 16.4 Å². The van der Waals surface area contributed by atoms with Crippen LogP contribution < -0.4 is 0 Å². The van der Waals surface area contributed by atoms with Gasteiger partial charge in [-0.2, -0.15) is 0 Å². The SMILES string of the molecule is CC(=O)SC(C)(C)OCc1cc(O)c(C)c(O)c1. The third-order valence-corrected chi connectivity index (χ3v) is 3.29. The van der Waals surface area contributed by atoms with Gasteiger partial charge in [-0.05, 0) is 38.5 Å². The van der Waals surface area contributed by atoms with Crippen molar-refractivity contribution in [2.75, 3.05) is 0 Å². The maximum Gasteiger partial charge on any atom is 0.188 e. The third kappa shape index (κ3) is 4.23. The minimum Gasteiger partial charge on any atom is -0.508 e. The van der Waals surface area contributed by atoms with E-state index in [1.165, 1.54) is 6.92 Å². The standard InChI is InChI=1S/C13H18O4S/c1-8-11(15)5-10(6-12(8)16)7-17-13(3,4)18-9(2)14/h5-6,15-16H,7H2,1-4H3. The average molecular weight is 270 g/mol. The van der Waals surface area contributed by atoms with Crippen LogP contribution in [0.4, 0.5) is 0 Å². The number of benzene rings is 1. The molecule has 0 saturated heterocycles. The summed E-state index contributed by atoms with van der Waals surface area (Å²) in [6, 6.07) is 3.09. The number of rotatable bonds is 4. The second-order valence-electron chi connectivity index (χ2n) is 4.54. The number of hydrogen-bond donors (Lipinski definition) is 2. The van der Waals surface area contributed by atoms with Gasteiger partial charge in [0, 0.05) is 12.5 Å². The van der Waals surface area contributed by atoms with Gasteiger partial charge < -0.3 is 14.9 Å². The van der Waals surface area contributed by atoms with E-state index in [0.717, 1.165) is 11.8 Å². The lowest BCUT2D eigenvalue weighted by Crippen LogP contribution is -2.21. The monoisotopic (exact) mass is 270 g/mol. The highest BCUT2D eigenvalue weighted by Crippen LogP contribution is 2.31. The van der Waals surface area contributed by atoms with Crippen molar-refractivity contribution < 1.29 is 19.7 Å². The fourth-order valence-electron chi connectivity index (χ4n) is 1.46. The first kappa shape index (κ1) is 14.9. The van der Waals surface area contributed by atoms with Crippen LogP contribution in [0.1, 0.15) is 31.9 Å². The Morgan fingerprint density at radius 1 is 1.33 bits per heavy atom. The van der Waals surface area contributed by atoms with Crippen LogP contribution in [0.5, 0.6) is 11.5 Å². The zero-order valence-electron chi connectivity index (χ0n) is 11.0. The molecule has 0 aliphatic rings. The maximum absolute atomic E-state index is 11.0. The van der Waals surface area contributed by atoms with Gasteiger partial charge in [0.2, 0.25) is 0 Å². The van der Waals surface area contributed by atoms with E-state index in [1.54, 1.807) is 32.9 Å². The van der Waals surface area contributed by atoms with E-state index in [2.05, 4.69) is 0 Å². The van der Waals surface area contributed by atoms with Crippen molar-refractivity contribution in [3.63, 3.8) is 0 Å². The molecular formula is C13H18O4S. The van der Waals surface area contributed by atoms with E-state index in [9.17, 15) is 15.0 Å². The van der Waals surface area contributed by atoms with Crippen LogP contribution in [-0.4, -0.2) is 20.3 Å². The minimum atomic E-state index is -0.637. The first-order chi connectivity index (χ1) is 8.21. The molecule has 0 saturated carbocycles. The highest BCUT2D eigenvalue weighted by molar-refractivity contribution is 8.14. The molecule has 0 amide bonds. The Hall–Kier alpha value is -1.20. The summed E-state index contributed by atoms with van der Waals surface area (Å²) in [5.41, 5.74) is 1.10. The van der Waals surface area contributed by atoms with Crippen molar-refractivity contribution in [1.29, 1.82) is 0 Å². The smallest absolute Gasteiger partial charge is 0.188 e. The summed E-state index contributed by atoms with van der Waals surface area (Å²) in [4.78, 5) is 10.4. The van der Waals surface area contributed by atoms with Crippen LogP contribution in [0.3, 0.4) is 0 Å². The maximum atomic E-state index is 11.0. The van der Waals surface area contributed by atoms with Gasteiger partial charge in [0.05, 0.1) is 6.61 Å². The first-order valence-corrected chi connectivity index (χ1v) is 6.38. The van der Waals surface area contributed by atoms with Crippen molar-refractivity contribution in [2.45, 2.75) is 39.2 Å². The Labute approximate surface area is 111 Å². The number of thioether (sulfide) groups is 1. The molecular weight excluding hydrogens is 252 g/mol. The Morgan fingerprint density at radius 2 is 1.83 bits per heavy atom.